The number of aromatic nitrogens is 2. The fourth-order valence-corrected chi connectivity index (χ4v) is 4.20. The molecule has 3 N–H and O–H groups in total. The van der Waals surface area contributed by atoms with Gasteiger partial charge in [0.25, 0.3) is 0 Å². The highest BCUT2D eigenvalue weighted by Gasteiger charge is 2.35. The number of fused-ring (bicyclic) bond motifs is 2. The van der Waals surface area contributed by atoms with Gasteiger partial charge in [-0.3, -0.25) is 20.6 Å². The Balaban J connectivity index is 1.45. The van der Waals surface area contributed by atoms with Crippen LogP contribution in [0.1, 0.15) is 18.5 Å². The monoisotopic (exact) mass is 307 g/mol. The van der Waals surface area contributed by atoms with Crippen molar-refractivity contribution in [1.82, 2.24) is 19.7 Å². The van der Waals surface area contributed by atoms with Gasteiger partial charge in [0.05, 0.1) is 24.4 Å². The van der Waals surface area contributed by atoms with Crippen LogP contribution in [0.15, 0.2) is 17.8 Å². The van der Waals surface area contributed by atoms with Crippen molar-refractivity contribution in [2.24, 2.45) is 5.84 Å². The quantitative estimate of drug-likeness (QED) is 0.641. The van der Waals surface area contributed by atoms with Crippen LogP contribution >= 0.6 is 11.3 Å². The normalized spacial score (nSPS) is 28.0. The van der Waals surface area contributed by atoms with Crippen molar-refractivity contribution >= 4 is 16.3 Å². The Labute approximate surface area is 127 Å². The SMILES string of the molecule is NNC(Cc1cn2ccsc2n1)C1CN2CCCC2CO1. The van der Waals surface area contributed by atoms with Crippen LogP contribution in [0.4, 0.5) is 0 Å². The van der Waals surface area contributed by atoms with Gasteiger partial charge >= 0.3 is 0 Å². The van der Waals surface area contributed by atoms with Crippen LogP contribution in [0.3, 0.4) is 0 Å². The summed E-state index contributed by atoms with van der Waals surface area (Å²) in [7, 11) is 0. The molecular formula is C14H21N5OS. The zero-order chi connectivity index (χ0) is 14.2. The summed E-state index contributed by atoms with van der Waals surface area (Å²) < 4.78 is 8.12. The topological polar surface area (TPSA) is 67.8 Å². The van der Waals surface area contributed by atoms with Crippen LogP contribution in [0, 0.1) is 0 Å². The molecule has 3 unspecified atom stereocenters. The van der Waals surface area contributed by atoms with E-state index in [-0.39, 0.29) is 12.1 Å². The Kier molecular flexibility index (Phi) is 3.68. The number of morpholine rings is 1. The summed E-state index contributed by atoms with van der Waals surface area (Å²) in [6.45, 7) is 3.00. The van der Waals surface area contributed by atoms with E-state index in [1.807, 2.05) is 11.6 Å². The highest BCUT2D eigenvalue weighted by Crippen LogP contribution is 2.24. The highest BCUT2D eigenvalue weighted by molar-refractivity contribution is 7.15. The second kappa shape index (κ2) is 5.66. The van der Waals surface area contributed by atoms with E-state index in [2.05, 4.69) is 25.9 Å². The van der Waals surface area contributed by atoms with Crippen LogP contribution in [-0.2, 0) is 11.2 Å². The Morgan fingerprint density at radius 2 is 2.52 bits per heavy atom. The minimum atomic E-state index is 0.108. The fourth-order valence-electron chi connectivity index (χ4n) is 3.48. The van der Waals surface area contributed by atoms with Gasteiger partial charge in [-0.1, -0.05) is 0 Å². The maximum atomic E-state index is 6.06. The lowest BCUT2D eigenvalue weighted by molar-refractivity contribution is -0.0645. The molecule has 2 aromatic rings. The Morgan fingerprint density at radius 3 is 3.38 bits per heavy atom. The van der Waals surface area contributed by atoms with E-state index in [0.717, 1.165) is 30.2 Å². The van der Waals surface area contributed by atoms with E-state index >= 15 is 0 Å². The predicted octanol–water partition coefficient (Wildman–Crippen LogP) is 0.633. The molecule has 4 heterocycles. The van der Waals surface area contributed by atoms with Crippen LogP contribution < -0.4 is 11.3 Å². The molecule has 21 heavy (non-hydrogen) atoms. The number of hydrogen-bond acceptors (Lipinski definition) is 6. The maximum absolute atomic E-state index is 6.06. The van der Waals surface area contributed by atoms with Gasteiger partial charge in [0.1, 0.15) is 0 Å². The van der Waals surface area contributed by atoms with Gasteiger partial charge in [0.15, 0.2) is 4.96 Å². The van der Waals surface area contributed by atoms with Gasteiger partial charge < -0.3 is 4.74 Å². The van der Waals surface area contributed by atoms with Crippen LogP contribution in [0.25, 0.3) is 4.96 Å². The highest BCUT2D eigenvalue weighted by atomic mass is 32.1. The van der Waals surface area contributed by atoms with Crippen molar-refractivity contribution < 1.29 is 4.74 Å². The summed E-state index contributed by atoms with van der Waals surface area (Å²) in [6, 6.07) is 0.730. The largest absolute Gasteiger partial charge is 0.374 e. The van der Waals surface area contributed by atoms with Gasteiger partial charge in [-0.15, -0.1) is 11.3 Å². The molecule has 0 saturated carbocycles. The van der Waals surface area contributed by atoms with E-state index in [0.29, 0.717) is 6.04 Å². The maximum Gasteiger partial charge on any atom is 0.193 e. The van der Waals surface area contributed by atoms with Crippen molar-refractivity contribution in [3.8, 4) is 0 Å². The van der Waals surface area contributed by atoms with Crippen molar-refractivity contribution in [3.63, 3.8) is 0 Å². The summed E-state index contributed by atoms with van der Waals surface area (Å²) in [5.74, 6) is 5.78. The molecule has 0 aromatic carbocycles. The third-order valence-corrected chi connectivity index (χ3v) is 5.42. The van der Waals surface area contributed by atoms with Crippen LogP contribution in [0.2, 0.25) is 0 Å². The number of imidazole rings is 1. The average Bonchev–Trinajstić information content (AvgIpc) is 3.18. The van der Waals surface area contributed by atoms with Crippen molar-refractivity contribution in [3.05, 3.63) is 23.5 Å². The summed E-state index contributed by atoms with van der Waals surface area (Å²) in [5, 5.41) is 2.04. The Morgan fingerprint density at radius 1 is 1.57 bits per heavy atom. The third-order valence-electron chi connectivity index (χ3n) is 4.65. The molecule has 0 aliphatic carbocycles. The first-order valence-corrected chi connectivity index (χ1v) is 8.44. The van der Waals surface area contributed by atoms with Crippen molar-refractivity contribution in [2.45, 2.75) is 37.5 Å². The molecule has 7 heteroatoms. The van der Waals surface area contributed by atoms with Gasteiger partial charge in [-0.05, 0) is 19.4 Å². The summed E-state index contributed by atoms with van der Waals surface area (Å²) in [4.78, 5) is 8.22. The zero-order valence-electron chi connectivity index (χ0n) is 11.9. The number of thiazole rings is 1. The third kappa shape index (κ3) is 2.60. The first-order chi connectivity index (χ1) is 10.3. The fraction of sp³-hybridized carbons (Fsp3) is 0.643. The van der Waals surface area contributed by atoms with Crippen molar-refractivity contribution in [1.29, 1.82) is 0 Å². The lowest BCUT2D eigenvalue weighted by Gasteiger charge is -2.38. The number of nitrogens with one attached hydrogen (secondary N) is 1. The summed E-state index contributed by atoms with van der Waals surface area (Å²) >= 11 is 1.65. The molecule has 114 valence electrons. The molecule has 3 atom stereocenters. The van der Waals surface area contributed by atoms with Crippen LogP contribution in [0.5, 0.6) is 0 Å². The molecule has 4 rings (SSSR count). The molecule has 6 nitrogen and oxygen atoms in total. The number of rotatable bonds is 4. The molecule has 2 aromatic heterocycles. The number of ether oxygens (including phenoxy) is 1. The van der Waals surface area contributed by atoms with Crippen molar-refractivity contribution in [2.75, 3.05) is 19.7 Å². The second-order valence-electron chi connectivity index (χ2n) is 5.97. The van der Waals surface area contributed by atoms with Gasteiger partial charge in [-0.25, -0.2) is 4.98 Å². The summed E-state index contributed by atoms with van der Waals surface area (Å²) in [6.07, 6.45) is 7.62. The molecule has 0 spiro atoms. The number of nitrogens with two attached hydrogens (primary N) is 1. The van der Waals surface area contributed by atoms with E-state index in [1.165, 1.54) is 19.4 Å². The zero-order valence-corrected chi connectivity index (χ0v) is 12.8. The smallest absolute Gasteiger partial charge is 0.193 e. The molecule has 0 radical (unpaired) electrons. The van der Waals surface area contributed by atoms with Gasteiger partial charge in [-0.2, -0.15) is 0 Å². The number of hydrazine groups is 1. The minimum Gasteiger partial charge on any atom is -0.374 e. The van der Waals surface area contributed by atoms with E-state index < -0.39 is 0 Å². The van der Waals surface area contributed by atoms with Crippen LogP contribution in [-0.4, -0.2) is 52.2 Å². The van der Waals surface area contributed by atoms with Gasteiger partial charge in [0, 0.05) is 36.8 Å². The molecule has 2 fully saturated rings. The second-order valence-corrected chi connectivity index (χ2v) is 6.84. The van der Waals surface area contributed by atoms with E-state index in [4.69, 9.17) is 10.6 Å². The minimum absolute atomic E-state index is 0.108. The molecule has 2 aliphatic heterocycles. The molecule has 2 aliphatic rings. The molecule has 0 bridgehead atoms. The predicted molar refractivity (Wildman–Crippen MR) is 82.2 cm³/mol. The average molecular weight is 307 g/mol. The first kappa shape index (κ1) is 13.7. The van der Waals surface area contributed by atoms with E-state index in [1.54, 1.807) is 11.3 Å². The molecule has 2 saturated heterocycles. The Bertz CT molecular complexity index is 583. The lowest BCUT2D eigenvalue weighted by atomic mass is 10.0. The Hall–Kier alpha value is -0.990. The van der Waals surface area contributed by atoms with E-state index in [9.17, 15) is 0 Å². The van der Waals surface area contributed by atoms with Gasteiger partial charge in [0.2, 0.25) is 0 Å². The molecule has 0 amide bonds. The number of hydrogen-bond donors (Lipinski definition) is 2. The standard InChI is InChI=1S/C14H21N5OS/c15-17-12(6-10-7-19-4-5-21-14(19)16-10)13-8-18-3-1-2-11(18)9-20-13/h4-5,7,11-13,17H,1-3,6,8-9,15H2. The lowest BCUT2D eigenvalue weighted by Crippen LogP contribution is -2.56. The number of nitrogens with zero attached hydrogens (tertiary/aromatic N) is 3. The summed E-state index contributed by atoms with van der Waals surface area (Å²) in [5.41, 5.74) is 4.01. The molecular weight excluding hydrogens is 286 g/mol. The first-order valence-electron chi connectivity index (χ1n) is 7.56.